The van der Waals surface area contributed by atoms with Crippen molar-refractivity contribution >= 4 is 11.6 Å². The van der Waals surface area contributed by atoms with E-state index in [1.807, 2.05) is 32.4 Å². The Balaban J connectivity index is 2.27. The Kier molecular flexibility index (Phi) is 5.44. The molecular weight excluding hydrogens is 294 g/mol. The van der Waals surface area contributed by atoms with Crippen molar-refractivity contribution in [2.24, 2.45) is 0 Å². The van der Waals surface area contributed by atoms with Crippen LogP contribution in [-0.2, 0) is 17.7 Å². The van der Waals surface area contributed by atoms with E-state index in [9.17, 15) is 4.79 Å². The number of amides is 1. The highest BCUT2D eigenvalue weighted by Gasteiger charge is 2.18. The zero-order valence-electron chi connectivity index (χ0n) is 14.3. The van der Waals surface area contributed by atoms with Crippen LogP contribution >= 0.6 is 0 Å². The van der Waals surface area contributed by atoms with Crippen LogP contribution in [0.3, 0.4) is 0 Å². The number of aromatic nitrogens is 4. The lowest BCUT2D eigenvalue weighted by atomic mass is 10.1. The predicted molar refractivity (Wildman–Crippen MR) is 87.7 cm³/mol. The zero-order valence-corrected chi connectivity index (χ0v) is 14.3. The summed E-state index contributed by atoms with van der Waals surface area (Å²) in [7, 11) is 1.65. The highest BCUT2D eigenvalue weighted by atomic mass is 16.5. The molecule has 1 amide bonds. The molecule has 0 bridgehead atoms. The number of rotatable bonds is 6. The van der Waals surface area contributed by atoms with Gasteiger partial charge < -0.3 is 10.1 Å². The van der Waals surface area contributed by atoms with E-state index in [0.717, 1.165) is 22.8 Å². The molecule has 0 aliphatic carbocycles. The van der Waals surface area contributed by atoms with Crippen LogP contribution in [-0.4, -0.2) is 39.6 Å². The van der Waals surface area contributed by atoms with E-state index in [0.29, 0.717) is 30.8 Å². The molecule has 0 atom stereocenters. The van der Waals surface area contributed by atoms with E-state index in [4.69, 9.17) is 4.74 Å². The number of carbonyl (C=O) groups is 1. The van der Waals surface area contributed by atoms with Crippen molar-refractivity contribution in [3.63, 3.8) is 0 Å². The first-order valence-corrected chi connectivity index (χ1v) is 7.65. The summed E-state index contributed by atoms with van der Waals surface area (Å²) in [6, 6.07) is 1.77. The molecule has 2 heterocycles. The lowest BCUT2D eigenvalue weighted by Crippen LogP contribution is -2.17. The molecule has 0 radical (unpaired) electrons. The smallest absolute Gasteiger partial charge is 0.257 e. The maximum atomic E-state index is 12.6. The summed E-state index contributed by atoms with van der Waals surface area (Å²) in [5.41, 5.74) is 4.39. The molecule has 1 N–H and O–H groups in total. The largest absolute Gasteiger partial charge is 0.383 e. The fourth-order valence-corrected chi connectivity index (χ4v) is 2.43. The molecule has 124 valence electrons. The topological polar surface area (TPSA) is 81.9 Å². The van der Waals surface area contributed by atoms with E-state index < -0.39 is 0 Å². The van der Waals surface area contributed by atoms with Gasteiger partial charge in [-0.2, -0.15) is 15.3 Å². The van der Waals surface area contributed by atoms with Gasteiger partial charge in [0.05, 0.1) is 47.2 Å². The van der Waals surface area contributed by atoms with Gasteiger partial charge in [-0.05, 0) is 33.3 Å². The van der Waals surface area contributed by atoms with Gasteiger partial charge in [0.2, 0.25) is 0 Å². The van der Waals surface area contributed by atoms with Gasteiger partial charge >= 0.3 is 0 Å². The maximum Gasteiger partial charge on any atom is 0.257 e. The molecule has 0 fully saturated rings. The average molecular weight is 317 g/mol. The van der Waals surface area contributed by atoms with Crippen LogP contribution in [0.15, 0.2) is 6.07 Å². The van der Waals surface area contributed by atoms with Crippen LogP contribution in [0.5, 0.6) is 0 Å². The van der Waals surface area contributed by atoms with Gasteiger partial charge in [-0.15, -0.1) is 0 Å². The summed E-state index contributed by atoms with van der Waals surface area (Å²) in [5.74, 6) is -0.183. The van der Waals surface area contributed by atoms with E-state index >= 15 is 0 Å². The molecule has 0 saturated heterocycles. The first-order chi connectivity index (χ1) is 11.0. The first-order valence-electron chi connectivity index (χ1n) is 7.65. The second-order valence-electron chi connectivity index (χ2n) is 5.42. The Hall–Kier alpha value is -2.28. The molecule has 0 spiro atoms. The second-order valence-corrected chi connectivity index (χ2v) is 5.42. The molecule has 0 unspecified atom stereocenters. The summed E-state index contributed by atoms with van der Waals surface area (Å²) in [6.07, 6.45) is 0.654. The Morgan fingerprint density at radius 2 is 2.04 bits per heavy atom. The number of aryl methyl sites for hydroxylation is 3. The summed E-state index contributed by atoms with van der Waals surface area (Å²) in [5, 5.41) is 15.5. The zero-order chi connectivity index (χ0) is 17.0. The number of nitrogens with zero attached hydrogens (tertiary/aromatic N) is 4. The molecule has 0 aromatic carbocycles. The Morgan fingerprint density at radius 3 is 2.70 bits per heavy atom. The van der Waals surface area contributed by atoms with Crippen molar-refractivity contribution < 1.29 is 9.53 Å². The summed E-state index contributed by atoms with van der Waals surface area (Å²) >= 11 is 0. The molecule has 0 aliphatic rings. The van der Waals surface area contributed by atoms with Crippen LogP contribution in [0.2, 0.25) is 0 Å². The molecule has 2 aromatic rings. The van der Waals surface area contributed by atoms with Gasteiger partial charge in [-0.1, -0.05) is 6.92 Å². The summed E-state index contributed by atoms with van der Waals surface area (Å²) in [4.78, 5) is 12.6. The van der Waals surface area contributed by atoms with E-state index in [1.54, 1.807) is 13.2 Å². The first kappa shape index (κ1) is 17.1. The monoisotopic (exact) mass is 317 g/mol. The lowest BCUT2D eigenvalue weighted by molar-refractivity contribution is 0.102. The highest BCUT2D eigenvalue weighted by molar-refractivity contribution is 6.05. The van der Waals surface area contributed by atoms with Crippen molar-refractivity contribution in [2.45, 2.75) is 40.7 Å². The quantitative estimate of drug-likeness (QED) is 0.882. The van der Waals surface area contributed by atoms with Gasteiger partial charge in [-0.3, -0.25) is 9.48 Å². The molecular formula is C16H23N5O2. The van der Waals surface area contributed by atoms with Gasteiger partial charge in [0, 0.05) is 7.11 Å². The predicted octanol–water partition coefficient (Wildman–Crippen LogP) is 2.06. The third kappa shape index (κ3) is 3.73. The van der Waals surface area contributed by atoms with Crippen LogP contribution in [0.4, 0.5) is 5.69 Å². The minimum Gasteiger partial charge on any atom is -0.383 e. The number of ether oxygens (including phenoxy) is 1. The van der Waals surface area contributed by atoms with Gasteiger partial charge in [0.1, 0.15) is 0 Å². The van der Waals surface area contributed by atoms with Crippen LogP contribution in [0.25, 0.3) is 0 Å². The SMILES string of the molecule is CCc1nnc(C)cc1C(=O)Nc1c(C)nn(CCOC)c1C. The third-order valence-corrected chi connectivity index (χ3v) is 3.70. The molecule has 0 aliphatic heterocycles. The van der Waals surface area contributed by atoms with Crippen molar-refractivity contribution in [3.8, 4) is 0 Å². The number of anilines is 1. The summed E-state index contributed by atoms with van der Waals surface area (Å²) in [6.45, 7) is 8.81. The van der Waals surface area contributed by atoms with Gasteiger partial charge in [-0.25, -0.2) is 0 Å². The molecule has 2 rings (SSSR count). The maximum absolute atomic E-state index is 12.6. The Labute approximate surface area is 136 Å². The molecule has 2 aromatic heterocycles. The van der Waals surface area contributed by atoms with Gasteiger partial charge in [0.15, 0.2) is 0 Å². The summed E-state index contributed by atoms with van der Waals surface area (Å²) < 4.78 is 6.92. The normalized spacial score (nSPS) is 10.8. The number of carbonyl (C=O) groups excluding carboxylic acids is 1. The van der Waals surface area contributed by atoms with Crippen molar-refractivity contribution in [1.29, 1.82) is 0 Å². The lowest BCUT2D eigenvalue weighted by Gasteiger charge is -2.09. The number of hydrogen-bond acceptors (Lipinski definition) is 5. The van der Waals surface area contributed by atoms with Crippen molar-refractivity contribution in [1.82, 2.24) is 20.0 Å². The fourth-order valence-electron chi connectivity index (χ4n) is 2.43. The average Bonchev–Trinajstić information content (AvgIpc) is 2.80. The highest BCUT2D eigenvalue weighted by Crippen LogP contribution is 2.21. The molecule has 7 heteroatoms. The minimum absolute atomic E-state index is 0.183. The number of nitrogens with one attached hydrogen (secondary N) is 1. The van der Waals surface area contributed by atoms with E-state index in [2.05, 4.69) is 20.6 Å². The standard InChI is InChI=1S/C16H23N5O2/c1-6-14-13(9-10(2)18-19-14)16(22)17-15-11(3)20-21(12(15)4)7-8-23-5/h9H,6-8H2,1-5H3,(H,17,22). The van der Waals surface area contributed by atoms with Crippen LogP contribution < -0.4 is 5.32 Å². The van der Waals surface area contributed by atoms with E-state index in [-0.39, 0.29) is 5.91 Å². The van der Waals surface area contributed by atoms with Crippen LogP contribution in [0.1, 0.15) is 40.1 Å². The van der Waals surface area contributed by atoms with E-state index in [1.165, 1.54) is 0 Å². The molecule has 23 heavy (non-hydrogen) atoms. The Morgan fingerprint density at radius 1 is 1.30 bits per heavy atom. The molecule has 0 saturated carbocycles. The fraction of sp³-hybridized carbons (Fsp3) is 0.500. The number of methoxy groups -OCH3 is 1. The van der Waals surface area contributed by atoms with Gasteiger partial charge in [0.25, 0.3) is 5.91 Å². The van der Waals surface area contributed by atoms with Crippen LogP contribution in [0, 0.1) is 20.8 Å². The van der Waals surface area contributed by atoms with Crippen molar-refractivity contribution in [2.75, 3.05) is 19.0 Å². The second kappa shape index (κ2) is 7.32. The third-order valence-electron chi connectivity index (χ3n) is 3.70. The van der Waals surface area contributed by atoms with Crippen molar-refractivity contribution in [3.05, 3.63) is 34.4 Å². The minimum atomic E-state index is -0.183. The Bertz CT molecular complexity index is 709. The number of hydrogen-bond donors (Lipinski definition) is 1. The molecule has 7 nitrogen and oxygen atoms in total.